The van der Waals surface area contributed by atoms with E-state index in [1.807, 2.05) is 18.0 Å². The van der Waals surface area contributed by atoms with Gasteiger partial charge in [0.2, 0.25) is 0 Å². The topological polar surface area (TPSA) is 31.9 Å². The number of fused-ring (bicyclic) bond motifs is 1. The first-order valence-electron chi connectivity index (χ1n) is 6.34. The normalized spacial score (nSPS) is 18.6. The van der Waals surface area contributed by atoms with E-state index in [2.05, 4.69) is 56.0 Å². The Morgan fingerprint density at radius 1 is 1.53 bits per heavy atom. The summed E-state index contributed by atoms with van der Waals surface area (Å²) in [5.74, 6) is 1.19. The van der Waals surface area contributed by atoms with Crippen molar-refractivity contribution in [1.82, 2.24) is 14.9 Å². The van der Waals surface area contributed by atoms with E-state index in [4.69, 9.17) is 0 Å². The molecule has 1 N–H and O–H groups in total. The molecule has 0 bridgehead atoms. The van der Waals surface area contributed by atoms with Crippen molar-refractivity contribution >= 4 is 27.7 Å². The highest BCUT2D eigenvalue weighted by Crippen LogP contribution is 2.40. The predicted molar refractivity (Wildman–Crippen MR) is 82.3 cm³/mol. The summed E-state index contributed by atoms with van der Waals surface area (Å²) in [7, 11) is 2.19. The fourth-order valence-corrected chi connectivity index (χ4v) is 4.02. The number of thioether (sulfide) groups is 1. The van der Waals surface area contributed by atoms with Crippen LogP contribution in [-0.4, -0.2) is 27.7 Å². The van der Waals surface area contributed by atoms with Crippen molar-refractivity contribution in [3.05, 3.63) is 46.5 Å². The van der Waals surface area contributed by atoms with E-state index >= 15 is 0 Å². The van der Waals surface area contributed by atoms with Crippen LogP contribution in [0.25, 0.3) is 0 Å². The number of imidazole rings is 1. The number of aromatic nitrogens is 2. The number of H-pyrrole nitrogens is 1. The monoisotopic (exact) mass is 337 g/mol. The minimum absolute atomic E-state index is 0.483. The smallest absolute Gasteiger partial charge is 0.0922 e. The number of hydrogen-bond donors (Lipinski definition) is 1. The molecule has 0 fully saturated rings. The highest BCUT2D eigenvalue weighted by atomic mass is 79.9. The van der Waals surface area contributed by atoms with Gasteiger partial charge in [-0.15, -0.1) is 11.8 Å². The van der Waals surface area contributed by atoms with Gasteiger partial charge in [0, 0.05) is 33.8 Å². The Morgan fingerprint density at radius 3 is 3.21 bits per heavy atom. The number of rotatable bonds is 3. The molecule has 1 aliphatic rings. The van der Waals surface area contributed by atoms with Gasteiger partial charge in [-0.25, -0.2) is 4.98 Å². The van der Waals surface area contributed by atoms with Crippen LogP contribution in [0.4, 0.5) is 0 Å². The summed E-state index contributed by atoms with van der Waals surface area (Å²) in [5.41, 5.74) is 2.60. The average molecular weight is 338 g/mol. The van der Waals surface area contributed by atoms with Crippen LogP contribution < -0.4 is 0 Å². The van der Waals surface area contributed by atoms with Crippen molar-refractivity contribution in [1.29, 1.82) is 0 Å². The van der Waals surface area contributed by atoms with E-state index in [0.717, 1.165) is 16.7 Å². The molecule has 0 saturated carbocycles. The zero-order valence-electron chi connectivity index (χ0n) is 10.8. The van der Waals surface area contributed by atoms with Crippen LogP contribution >= 0.6 is 27.7 Å². The van der Waals surface area contributed by atoms with E-state index in [-0.39, 0.29) is 0 Å². The van der Waals surface area contributed by atoms with Gasteiger partial charge in [-0.3, -0.25) is 4.90 Å². The molecule has 0 radical (unpaired) electrons. The number of nitrogens with one attached hydrogen (secondary N) is 1. The molecular formula is C14H16BrN3S. The molecule has 0 aliphatic carbocycles. The second kappa shape index (κ2) is 5.69. The van der Waals surface area contributed by atoms with Gasteiger partial charge < -0.3 is 4.98 Å². The summed E-state index contributed by atoms with van der Waals surface area (Å²) in [6.45, 7) is 0.904. The predicted octanol–water partition coefficient (Wildman–Crippen LogP) is 3.84. The molecule has 100 valence electrons. The molecular weight excluding hydrogens is 322 g/mol. The Balaban J connectivity index is 1.84. The third-order valence-electron chi connectivity index (χ3n) is 3.49. The van der Waals surface area contributed by atoms with Crippen LogP contribution in [-0.2, 0) is 6.54 Å². The van der Waals surface area contributed by atoms with E-state index in [1.54, 1.807) is 6.33 Å². The average Bonchev–Trinajstić information content (AvgIpc) is 2.90. The zero-order chi connectivity index (χ0) is 13.2. The summed E-state index contributed by atoms with van der Waals surface area (Å²) in [4.78, 5) is 11.1. The van der Waals surface area contributed by atoms with Crippen molar-refractivity contribution in [3.8, 4) is 0 Å². The Labute approximate surface area is 125 Å². The summed E-state index contributed by atoms with van der Waals surface area (Å²) in [6.07, 6.45) is 4.83. The van der Waals surface area contributed by atoms with E-state index in [9.17, 15) is 0 Å². The van der Waals surface area contributed by atoms with Crippen LogP contribution in [0.5, 0.6) is 0 Å². The Kier molecular flexibility index (Phi) is 3.96. The van der Waals surface area contributed by atoms with Gasteiger partial charge in [-0.1, -0.05) is 15.9 Å². The van der Waals surface area contributed by atoms with Gasteiger partial charge in [0.25, 0.3) is 0 Å². The largest absolute Gasteiger partial charge is 0.347 e. The molecule has 0 saturated heterocycles. The van der Waals surface area contributed by atoms with Crippen LogP contribution in [0.2, 0.25) is 0 Å². The van der Waals surface area contributed by atoms with E-state index in [0.29, 0.717) is 6.04 Å². The molecule has 0 amide bonds. The number of benzene rings is 1. The SMILES string of the molecule is CN(Cc1cnc[nH]1)[C@H]1CCSc2ccc(Br)cc21. The third kappa shape index (κ3) is 2.88. The summed E-state index contributed by atoms with van der Waals surface area (Å²) >= 11 is 5.54. The molecule has 2 aromatic rings. The van der Waals surface area contributed by atoms with Crippen LogP contribution in [0.1, 0.15) is 23.7 Å². The maximum Gasteiger partial charge on any atom is 0.0922 e. The molecule has 1 atom stereocenters. The second-order valence-corrected chi connectivity index (χ2v) is 6.88. The second-order valence-electron chi connectivity index (χ2n) is 4.83. The van der Waals surface area contributed by atoms with Gasteiger partial charge in [0.15, 0.2) is 0 Å². The Hall–Kier alpha value is -0.780. The zero-order valence-corrected chi connectivity index (χ0v) is 13.2. The number of hydrogen-bond acceptors (Lipinski definition) is 3. The van der Waals surface area contributed by atoms with Gasteiger partial charge in [-0.05, 0) is 43.0 Å². The molecule has 2 heterocycles. The summed E-state index contributed by atoms with van der Waals surface area (Å²) in [6, 6.07) is 7.09. The molecule has 1 aromatic heterocycles. The number of nitrogens with zero attached hydrogens (tertiary/aromatic N) is 2. The van der Waals surface area contributed by atoms with Gasteiger partial charge >= 0.3 is 0 Å². The molecule has 3 rings (SSSR count). The van der Waals surface area contributed by atoms with Gasteiger partial charge in [-0.2, -0.15) is 0 Å². The Bertz CT molecular complexity index is 556. The summed E-state index contributed by atoms with van der Waals surface area (Å²) in [5, 5.41) is 0. The highest BCUT2D eigenvalue weighted by molar-refractivity contribution is 9.10. The van der Waals surface area contributed by atoms with Crippen molar-refractivity contribution in [2.24, 2.45) is 0 Å². The fourth-order valence-electron chi connectivity index (χ4n) is 2.56. The minimum Gasteiger partial charge on any atom is -0.347 e. The maximum atomic E-state index is 4.08. The molecule has 1 aromatic carbocycles. The molecule has 3 nitrogen and oxygen atoms in total. The first kappa shape index (κ1) is 13.2. The maximum absolute atomic E-state index is 4.08. The number of halogens is 1. The molecule has 0 spiro atoms. The van der Waals surface area contributed by atoms with Crippen molar-refractivity contribution in [2.45, 2.75) is 23.9 Å². The first-order chi connectivity index (χ1) is 9.24. The van der Waals surface area contributed by atoms with Crippen LogP contribution in [0.3, 0.4) is 0 Å². The lowest BCUT2D eigenvalue weighted by molar-refractivity contribution is 0.225. The minimum atomic E-state index is 0.483. The number of aromatic amines is 1. The molecule has 0 unspecified atom stereocenters. The van der Waals surface area contributed by atoms with E-state index < -0.39 is 0 Å². The molecule has 5 heteroatoms. The van der Waals surface area contributed by atoms with Gasteiger partial charge in [0.1, 0.15) is 0 Å². The third-order valence-corrected chi connectivity index (χ3v) is 5.10. The standard InChI is InChI=1S/C14H16BrN3S/c1-18(8-11-7-16-9-17-11)13-4-5-19-14-3-2-10(15)6-12(13)14/h2-3,6-7,9,13H,4-5,8H2,1H3,(H,16,17)/t13-/m0/s1. The first-order valence-corrected chi connectivity index (χ1v) is 8.11. The quantitative estimate of drug-likeness (QED) is 0.923. The van der Waals surface area contributed by atoms with Crippen LogP contribution in [0.15, 0.2) is 40.1 Å². The Morgan fingerprint density at radius 2 is 2.42 bits per heavy atom. The summed E-state index contributed by atoms with van der Waals surface area (Å²) < 4.78 is 1.16. The molecule has 19 heavy (non-hydrogen) atoms. The lowest BCUT2D eigenvalue weighted by atomic mass is 10.0. The van der Waals surface area contributed by atoms with Crippen molar-refractivity contribution < 1.29 is 0 Å². The van der Waals surface area contributed by atoms with Gasteiger partial charge in [0.05, 0.1) is 6.33 Å². The highest BCUT2D eigenvalue weighted by Gasteiger charge is 2.24. The fraction of sp³-hybridized carbons (Fsp3) is 0.357. The molecule has 1 aliphatic heterocycles. The lowest BCUT2D eigenvalue weighted by Gasteiger charge is -2.32. The van der Waals surface area contributed by atoms with E-state index in [1.165, 1.54) is 22.6 Å². The van der Waals surface area contributed by atoms with Crippen molar-refractivity contribution in [3.63, 3.8) is 0 Å². The van der Waals surface area contributed by atoms with Crippen LogP contribution in [0, 0.1) is 0 Å². The lowest BCUT2D eigenvalue weighted by Crippen LogP contribution is -2.27. The van der Waals surface area contributed by atoms with Crippen molar-refractivity contribution in [2.75, 3.05) is 12.8 Å².